The molecule has 20 heavy (non-hydrogen) atoms. The molecule has 1 aromatic rings. The second-order valence-electron chi connectivity index (χ2n) is 6.20. The average molecular weight is 338 g/mol. The summed E-state index contributed by atoms with van der Waals surface area (Å²) in [5.41, 5.74) is 1.48. The summed E-state index contributed by atoms with van der Waals surface area (Å²) < 4.78 is 6.44. The molecule has 1 N–H and O–H groups in total. The zero-order valence-corrected chi connectivity index (χ0v) is 13.8. The number of piperidine rings is 1. The molecule has 2 fully saturated rings. The molecular weight excluding hydrogens is 314 g/mol. The molecule has 1 aliphatic carbocycles. The maximum absolute atomic E-state index is 5.35. The van der Waals surface area contributed by atoms with Gasteiger partial charge in [0.1, 0.15) is 5.75 Å². The van der Waals surface area contributed by atoms with Gasteiger partial charge in [-0.1, -0.05) is 31.7 Å². The summed E-state index contributed by atoms with van der Waals surface area (Å²) in [6, 6.07) is 6.64. The Morgan fingerprint density at radius 2 is 2.00 bits per heavy atom. The normalized spacial score (nSPS) is 27.7. The molecule has 1 saturated heterocycles. The van der Waals surface area contributed by atoms with E-state index >= 15 is 0 Å². The van der Waals surface area contributed by atoms with E-state index < -0.39 is 0 Å². The Labute approximate surface area is 130 Å². The molecule has 1 aliphatic heterocycles. The van der Waals surface area contributed by atoms with E-state index in [9.17, 15) is 0 Å². The summed E-state index contributed by atoms with van der Waals surface area (Å²) in [5.74, 6) is 3.38. The van der Waals surface area contributed by atoms with Crippen LogP contribution in [0, 0.1) is 11.8 Å². The molecule has 3 heteroatoms. The molecule has 1 saturated carbocycles. The van der Waals surface area contributed by atoms with Crippen LogP contribution in [-0.4, -0.2) is 20.2 Å². The minimum absolute atomic E-state index is 0.710. The predicted octanol–water partition coefficient (Wildman–Crippen LogP) is 4.34. The van der Waals surface area contributed by atoms with Crippen molar-refractivity contribution < 1.29 is 4.74 Å². The first-order valence-electron chi connectivity index (χ1n) is 7.83. The molecule has 0 bridgehead atoms. The largest absolute Gasteiger partial charge is 0.496 e. The molecular formula is C17H24BrNO. The van der Waals surface area contributed by atoms with Gasteiger partial charge in [-0.3, -0.25) is 0 Å². The number of benzene rings is 1. The van der Waals surface area contributed by atoms with Crippen molar-refractivity contribution in [1.82, 2.24) is 5.32 Å². The zero-order chi connectivity index (χ0) is 13.9. The molecule has 2 unspecified atom stereocenters. The summed E-state index contributed by atoms with van der Waals surface area (Å²) in [6.45, 7) is 2.34. The van der Waals surface area contributed by atoms with E-state index in [1.54, 1.807) is 7.11 Å². The van der Waals surface area contributed by atoms with E-state index in [-0.39, 0.29) is 0 Å². The topological polar surface area (TPSA) is 21.3 Å². The lowest BCUT2D eigenvalue weighted by atomic mass is 9.73. The molecule has 3 rings (SSSR count). The second-order valence-corrected chi connectivity index (χ2v) is 7.06. The van der Waals surface area contributed by atoms with Gasteiger partial charge in [-0.05, 0) is 70.9 Å². The van der Waals surface area contributed by atoms with Gasteiger partial charge in [-0.25, -0.2) is 0 Å². The number of hydrogen-bond acceptors (Lipinski definition) is 2. The molecule has 2 aliphatic rings. The predicted molar refractivity (Wildman–Crippen MR) is 86.4 cm³/mol. The maximum Gasteiger partial charge on any atom is 0.133 e. The molecule has 2 atom stereocenters. The van der Waals surface area contributed by atoms with Crippen molar-refractivity contribution in [1.29, 1.82) is 0 Å². The SMILES string of the molecule is COc1ccc(C2CCNCC2C2CCCC2)cc1Br. The molecule has 1 heterocycles. The first kappa shape index (κ1) is 14.4. The minimum atomic E-state index is 0.710. The number of ether oxygens (including phenoxy) is 1. The Morgan fingerprint density at radius 1 is 1.20 bits per heavy atom. The van der Waals surface area contributed by atoms with Crippen molar-refractivity contribution in [3.05, 3.63) is 28.2 Å². The Hall–Kier alpha value is -0.540. The van der Waals surface area contributed by atoms with Gasteiger partial charge in [0.05, 0.1) is 11.6 Å². The van der Waals surface area contributed by atoms with E-state index in [1.807, 2.05) is 0 Å². The summed E-state index contributed by atoms with van der Waals surface area (Å²) in [5, 5.41) is 3.61. The van der Waals surface area contributed by atoms with Gasteiger partial charge < -0.3 is 10.1 Å². The van der Waals surface area contributed by atoms with E-state index in [0.29, 0.717) is 5.92 Å². The number of rotatable bonds is 3. The van der Waals surface area contributed by atoms with Crippen LogP contribution in [0.5, 0.6) is 5.75 Å². The third kappa shape index (κ3) is 2.89. The van der Waals surface area contributed by atoms with Crippen molar-refractivity contribution in [3.8, 4) is 5.75 Å². The van der Waals surface area contributed by atoms with Crippen LogP contribution >= 0.6 is 15.9 Å². The van der Waals surface area contributed by atoms with E-state index in [0.717, 1.165) is 28.6 Å². The monoisotopic (exact) mass is 337 g/mol. The first-order valence-corrected chi connectivity index (χ1v) is 8.63. The van der Waals surface area contributed by atoms with Gasteiger partial charge in [0.15, 0.2) is 0 Å². The third-order valence-electron chi connectivity index (χ3n) is 5.14. The summed E-state index contributed by atoms with van der Waals surface area (Å²) >= 11 is 3.64. The minimum Gasteiger partial charge on any atom is -0.496 e. The lowest BCUT2D eigenvalue weighted by molar-refractivity contribution is 0.231. The summed E-state index contributed by atoms with van der Waals surface area (Å²) in [6.07, 6.45) is 6.99. The summed E-state index contributed by atoms with van der Waals surface area (Å²) in [4.78, 5) is 0. The van der Waals surface area contributed by atoms with Gasteiger partial charge in [0, 0.05) is 0 Å². The number of hydrogen-bond donors (Lipinski definition) is 1. The van der Waals surface area contributed by atoms with Crippen molar-refractivity contribution in [2.24, 2.45) is 11.8 Å². The number of nitrogens with one attached hydrogen (secondary N) is 1. The van der Waals surface area contributed by atoms with E-state index in [4.69, 9.17) is 4.74 Å². The second kappa shape index (κ2) is 6.48. The van der Waals surface area contributed by atoms with Gasteiger partial charge in [0.25, 0.3) is 0 Å². The molecule has 0 spiro atoms. The van der Waals surface area contributed by atoms with E-state index in [1.165, 1.54) is 44.2 Å². The molecule has 0 aromatic heterocycles. The van der Waals surface area contributed by atoms with Crippen molar-refractivity contribution >= 4 is 15.9 Å². The van der Waals surface area contributed by atoms with Crippen LogP contribution in [0.25, 0.3) is 0 Å². The third-order valence-corrected chi connectivity index (χ3v) is 5.76. The van der Waals surface area contributed by atoms with Crippen LogP contribution in [0.3, 0.4) is 0 Å². The highest BCUT2D eigenvalue weighted by atomic mass is 79.9. The lowest BCUT2D eigenvalue weighted by Gasteiger charge is -2.36. The Bertz CT molecular complexity index is 456. The van der Waals surface area contributed by atoms with Crippen LogP contribution in [0.2, 0.25) is 0 Å². The summed E-state index contributed by atoms with van der Waals surface area (Å²) in [7, 11) is 1.73. The lowest BCUT2D eigenvalue weighted by Crippen LogP contribution is -2.38. The first-order chi connectivity index (χ1) is 9.79. The number of halogens is 1. The molecule has 0 amide bonds. The zero-order valence-electron chi connectivity index (χ0n) is 12.2. The van der Waals surface area contributed by atoms with Crippen LogP contribution in [0.15, 0.2) is 22.7 Å². The van der Waals surface area contributed by atoms with Gasteiger partial charge >= 0.3 is 0 Å². The van der Waals surface area contributed by atoms with Gasteiger partial charge in [-0.15, -0.1) is 0 Å². The quantitative estimate of drug-likeness (QED) is 0.885. The van der Waals surface area contributed by atoms with Crippen LogP contribution in [0.4, 0.5) is 0 Å². The van der Waals surface area contributed by atoms with Crippen LogP contribution in [0.1, 0.15) is 43.6 Å². The van der Waals surface area contributed by atoms with Gasteiger partial charge in [0.2, 0.25) is 0 Å². The van der Waals surface area contributed by atoms with Gasteiger partial charge in [-0.2, -0.15) is 0 Å². The van der Waals surface area contributed by atoms with Crippen LogP contribution in [-0.2, 0) is 0 Å². The van der Waals surface area contributed by atoms with Crippen molar-refractivity contribution in [3.63, 3.8) is 0 Å². The maximum atomic E-state index is 5.35. The highest BCUT2D eigenvalue weighted by molar-refractivity contribution is 9.10. The Kier molecular flexibility index (Phi) is 4.67. The Morgan fingerprint density at radius 3 is 2.70 bits per heavy atom. The standard InChI is InChI=1S/C17H24BrNO/c1-20-17-7-6-13(10-16(17)18)14-8-9-19-11-15(14)12-4-2-3-5-12/h6-7,10,12,14-15,19H,2-5,8-9,11H2,1H3. The molecule has 110 valence electrons. The highest BCUT2D eigenvalue weighted by Gasteiger charge is 2.34. The fraction of sp³-hybridized carbons (Fsp3) is 0.647. The molecule has 2 nitrogen and oxygen atoms in total. The average Bonchev–Trinajstić information content (AvgIpc) is 3.01. The van der Waals surface area contributed by atoms with Crippen LogP contribution < -0.4 is 10.1 Å². The molecule has 0 radical (unpaired) electrons. The van der Waals surface area contributed by atoms with Crippen molar-refractivity contribution in [2.45, 2.75) is 38.0 Å². The highest BCUT2D eigenvalue weighted by Crippen LogP contribution is 2.43. The van der Waals surface area contributed by atoms with E-state index in [2.05, 4.69) is 39.4 Å². The van der Waals surface area contributed by atoms with Crippen molar-refractivity contribution in [2.75, 3.05) is 20.2 Å². The smallest absolute Gasteiger partial charge is 0.133 e. The fourth-order valence-corrected chi connectivity index (χ4v) is 4.65. The Balaban J connectivity index is 1.83. The fourth-order valence-electron chi connectivity index (χ4n) is 4.09. The number of methoxy groups -OCH3 is 1. The molecule has 1 aromatic carbocycles.